The van der Waals surface area contributed by atoms with Gasteiger partial charge in [-0.2, -0.15) is 4.98 Å². The van der Waals surface area contributed by atoms with Crippen LogP contribution in [0.3, 0.4) is 0 Å². The molecule has 0 amide bonds. The van der Waals surface area contributed by atoms with Gasteiger partial charge in [0, 0.05) is 41.4 Å². The van der Waals surface area contributed by atoms with E-state index >= 15 is 0 Å². The number of aryl methyl sites for hydroxylation is 1. The average molecular weight is 326 g/mol. The van der Waals surface area contributed by atoms with Gasteiger partial charge in [0.25, 0.3) is 0 Å². The molecular formula is C17H16ClN5. The Morgan fingerprint density at radius 3 is 2.78 bits per heavy atom. The summed E-state index contributed by atoms with van der Waals surface area (Å²) in [5, 5.41) is 7.12. The van der Waals surface area contributed by atoms with E-state index in [9.17, 15) is 0 Å². The molecule has 0 atom stereocenters. The van der Waals surface area contributed by atoms with Gasteiger partial charge in [0.2, 0.25) is 5.95 Å². The zero-order valence-electron chi connectivity index (χ0n) is 12.6. The number of benzene rings is 1. The van der Waals surface area contributed by atoms with E-state index < -0.39 is 0 Å². The smallest absolute Gasteiger partial charge is 0.225 e. The summed E-state index contributed by atoms with van der Waals surface area (Å²) in [6.45, 7) is 2.55. The van der Waals surface area contributed by atoms with Crippen molar-refractivity contribution in [1.29, 1.82) is 0 Å². The molecule has 0 saturated carbocycles. The number of hydrogen-bond acceptors (Lipinski definition) is 5. The largest absolute Gasteiger partial charge is 0.350 e. The van der Waals surface area contributed by atoms with E-state index in [-0.39, 0.29) is 0 Å². The molecular weight excluding hydrogens is 310 g/mol. The molecule has 5 nitrogen and oxygen atoms in total. The SMILES string of the molecule is Cc1cc(Nc2cccc(Cl)c2)nc(NCc2cccnc2)n1. The normalized spacial score (nSPS) is 10.3. The van der Waals surface area contributed by atoms with Gasteiger partial charge >= 0.3 is 0 Å². The summed E-state index contributed by atoms with van der Waals surface area (Å²) in [7, 11) is 0. The van der Waals surface area contributed by atoms with Crippen LogP contribution >= 0.6 is 11.6 Å². The van der Waals surface area contributed by atoms with Crippen molar-refractivity contribution in [3.05, 3.63) is 71.1 Å². The predicted molar refractivity (Wildman–Crippen MR) is 93.1 cm³/mol. The van der Waals surface area contributed by atoms with Crippen molar-refractivity contribution in [3.63, 3.8) is 0 Å². The Balaban J connectivity index is 1.73. The molecule has 2 N–H and O–H groups in total. The summed E-state index contributed by atoms with van der Waals surface area (Å²) >= 11 is 6.00. The highest BCUT2D eigenvalue weighted by atomic mass is 35.5. The van der Waals surface area contributed by atoms with E-state index in [2.05, 4.69) is 25.6 Å². The number of nitrogens with zero attached hydrogens (tertiary/aromatic N) is 3. The van der Waals surface area contributed by atoms with E-state index in [0.717, 1.165) is 16.9 Å². The Morgan fingerprint density at radius 1 is 1.09 bits per heavy atom. The molecule has 0 aliphatic carbocycles. The van der Waals surface area contributed by atoms with E-state index in [1.54, 1.807) is 6.20 Å². The molecule has 0 fully saturated rings. The second kappa shape index (κ2) is 7.07. The van der Waals surface area contributed by atoms with Gasteiger partial charge in [0.1, 0.15) is 5.82 Å². The summed E-state index contributed by atoms with van der Waals surface area (Å²) in [6, 6.07) is 13.3. The Morgan fingerprint density at radius 2 is 2.00 bits per heavy atom. The quantitative estimate of drug-likeness (QED) is 0.736. The van der Waals surface area contributed by atoms with Crippen LogP contribution in [0.2, 0.25) is 5.02 Å². The van der Waals surface area contributed by atoms with Crippen LogP contribution in [0.25, 0.3) is 0 Å². The first-order valence-electron chi connectivity index (χ1n) is 7.20. The first-order chi connectivity index (χ1) is 11.2. The van der Waals surface area contributed by atoms with Crippen LogP contribution in [0.4, 0.5) is 17.5 Å². The Hall–Kier alpha value is -2.66. The van der Waals surface area contributed by atoms with E-state index in [0.29, 0.717) is 23.3 Å². The number of halogens is 1. The van der Waals surface area contributed by atoms with Crippen molar-refractivity contribution in [2.75, 3.05) is 10.6 Å². The van der Waals surface area contributed by atoms with Gasteiger partial charge in [-0.1, -0.05) is 23.7 Å². The van der Waals surface area contributed by atoms with E-state index in [1.165, 1.54) is 0 Å². The lowest BCUT2D eigenvalue weighted by atomic mass is 10.3. The molecule has 0 aliphatic heterocycles. The molecule has 116 valence electrons. The number of nitrogens with one attached hydrogen (secondary N) is 2. The molecule has 0 aliphatic rings. The van der Waals surface area contributed by atoms with Gasteiger partial charge < -0.3 is 10.6 Å². The second-order valence-electron chi connectivity index (χ2n) is 5.07. The van der Waals surface area contributed by atoms with E-state index in [4.69, 9.17) is 11.6 Å². The minimum absolute atomic E-state index is 0.568. The Labute approximate surface area is 139 Å². The van der Waals surface area contributed by atoms with Gasteiger partial charge in [-0.05, 0) is 36.8 Å². The minimum Gasteiger partial charge on any atom is -0.350 e. The highest BCUT2D eigenvalue weighted by molar-refractivity contribution is 6.30. The highest BCUT2D eigenvalue weighted by Crippen LogP contribution is 2.20. The third-order valence-electron chi connectivity index (χ3n) is 3.12. The molecule has 0 bridgehead atoms. The van der Waals surface area contributed by atoms with Gasteiger partial charge in [0.15, 0.2) is 0 Å². The molecule has 6 heteroatoms. The number of pyridine rings is 1. The maximum atomic E-state index is 6.00. The van der Waals surface area contributed by atoms with E-state index in [1.807, 2.05) is 55.6 Å². The molecule has 2 aromatic heterocycles. The lowest BCUT2D eigenvalue weighted by molar-refractivity contribution is 1.02. The van der Waals surface area contributed by atoms with Crippen molar-refractivity contribution >= 4 is 29.1 Å². The second-order valence-corrected chi connectivity index (χ2v) is 5.50. The Bertz CT molecular complexity index is 792. The molecule has 0 spiro atoms. The van der Waals surface area contributed by atoms with Crippen LogP contribution in [0, 0.1) is 6.92 Å². The van der Waals surface area contributed by atoms with Crippen molar-refractivity contribution in [2.45, 2.75) is 13.5 Å². The number of aromatic nitrogens is 3. The maximum absolute atomic E-state index is 6.00. The van der Waals surface area contributed by atoms with Gasteiger partial charge in [-0.15, -0.1) is 0 Å². The topological polar surface area (TPSA) is 62.7 Å². The number of anilines is 3. The molecule has 0 saturated heterocycles. The molecule has 1 aromatic carbocycles. The van der Waals surface area contributed by atoms with Crippen LogP contribution in [-0.4, -0.2) is 15.0 Å². The van der Waals surface area contributed by atoms with Crippen LogP contribution in [-0.2, 0) is 6.54 Å². The molecule has 2 heterocycles. The van der Waals surface area contributed by atoms with Crippen LogP contribution in [0.5, 0.6) is 0 Å². The maximum Gasteiger partial charge on any atom is 0.225 e. The summed E-state index contributed by atoms with van der Waals surface area (Å²) in [4.78, 5) is 13.0. The molecule has 0 unspecified atom stereocenters. The van der Waals surface area contributed by atoms with Crippen LogP contribution < -0.4 is 10.6 Å². The van der Waals surface area contributed by atoms with Gasteiger partial charge in [-0.25, -0.2) is 4.98 Å². The third-order valence-corrected chi connectivity index (χ3v) is 3.36. The standard InChI is InChI=1S/C17H16ClN5/c1-12-8-16(22-15-6-2-5-14(18)9-15)23-17(21-12)20-11-13-4-3-7-19-10-13/h2-10H,11H2,1H3,(H2,20,21,22,23). The predicted octanol–water partition coefficient (Wildman–Crippen LogP) is 4.19. The monoisotopic (exact) mass is 325 g/mol. The highest BCUT2D eigenvalue weighted by Gasteiger charge is 2.03. The molecule has 0 radical (unpaired) electrons. The van der Waals surface area contributed by atoms with Crippen molar-refractivity contribution in [2.24, 2.45) is 0 Å². The van der Waals surface area contributed by atoms with Gasteiger partial charge in [-0.3, -0.25) is 4.98 Å². The zero-order chi connectivity index (χ0) is 16.1. The minimum atomic E-state index is 0.568. The fourth-order valence-corrected chi connectivity index (χ4v) is 2.30. The third kappa shape index (κ3) is 4.40. The Kier molecular flexibility index (Phi) is 4.68. The number of hydrogen-bond donors (Lipinski definition) is 2. The number of rotatable bonds is 5. The molecule has 3 rings (SSSR count). The lowest BCUT2D eigenvalue weighted by Gasteiger charge is -2.10. The molecule has 3 aromatic rings. The van der Waals surface area contributed by atoms with Gasteiger partial charge in [0.05, 0.1) is 0 Å². The molecule has 23 heavy (non-hydrogen) atoms. The van der Waals surface area contributed by atoms with Crippen molar-refractivity contribution in [3.8, 4) is 0 Å². The summed E-state index contributed by atoms with van der Waals surface area (Å²) < 4.78 is 0. The summed E-state index contributed by atoms with van der Waals surface area (Å²) in [6.07, 6.45) is 3.56. The van der Waals surface area contributed by atoms with Crippen molar-refractivity contribution in [1.82, 2.24) is 15.0 Å². The van der Waals surface area contributed by atoms with Crippen molar-refractivity contribution < 1.29 is 0 Å². The summed E-state index contributed by atoms with van der Waals surface area (Å²) in [5.41, 5.74) is 2.83. The summed E-state index contributed by atoms with van der Waals surface area (Å²) in [5.74, 6) is 1.28. The van der Waals surface area contributed by atoms with Crippen LogP contribution in [0.15, 0.2) is 54.9 Å². The zero-order valence-corrected chi connectivity index (χ0v) is 13.4. The fourth-order valence-electron chi connectivity index (χ4n) is 2.11. The fraction of sp³-hybridized carbons (Fsp3) is 0.118. The first kappa shape index (κ1) is 15.2. The lowest BCUT2D eigenvalue weighted by Crippen LogP contribution is -2.06. The average Bonchev–Trinajstić information content (AvgIpc) is 2.53. The first-order valence-corrected chi connectivity index (χ1v) is 7.58. The van der Waals surface area contributed by atoms with Crippen LogP contribution in [0.1, 0.15) is 11.3 Å².